The predicted octanol–water partition coefficient (Wildman–Crippen LogP) is 2.62. The van der Waals surface area contributed by atoms with Crippen molar-refractivity contribution in [3.8, 4) is 0 Å². The van der Waals surface area contributed by atoms with Gasteiger partial charge >= 0.3 is 0 Å². The Morgan fingerprint density at radius 2 is 1.38 bits per heavy atom. The van der Waals surface area contributed by atoms with Crippen molar-refractivity contribution in [2.45, 2.75) is 44.9 Å². The number of aryl methyl sites for hydroxylation is 3. The summed E-state index contributed by atoms with van der Waals surface area (Å²) in [5.74, 6) is 0. The van der Waals surface area contributed by atoms with Crippen LogP contribution in [0, 0.1) is 0 Å². The Balaban J connectivity index is 3.50. The molecule has 0 atom stereocenters. The number of rotatable bonds is 4. The van der Waals surface area contributed by atoms with Gasteiger partial charge in [-0.1, -0.05) is 26.8 Å². The highest BCUT2D eigenvalue weighted by atomic mass is 32.2. The minimum atomic E-state index is -4.10. The van der Waals surface area contributed by atoms with Crippen LogP contribution in [0.15, 0.2) is 17.0 Å². The van der Waals surface area contributed by atoms with Crippen LogP contribution in [0.2, 0.25) is 0 Å². The molecule has 0 amide bonds. The summed E-state index contributed by atoms with van der Waals surface area (Å²) in [5.41, 5.74) is 2.84. The van der Waals surface area contributed by atoms with Crippen LogP contribution >= 0.6 is 0 Å². The first-order chi connectivity index (χ1) is 7.43. The molecule has 1 aromatic carbocycles. The molecule has 0 saturated carbocycles. The highest BCUT2D eigenvalue weighted by Gasteiger charge is 2.16. The zero-order valence-electron chi connectivity index (χ0n) is 9.95. The quantitative estimate of drug-likeness (QED) is 0.826. The summed E-state index contributed by atoms with van der Waals surface area (Å²) in [4.78, 5) is 0.0593. The molecule has 0 radical (unpaired) electrons. The van der Waals surface area contributed by atoms with Crippen molar-refractivity contribution in [1.29, 1.82) is 0 Å². The fourth-order valence-electron chi connectivity index (χ4n) is 1.89. The Kier molecular flexibility index (Phi) is 4.10. The number of benzene rings is 1. The van der Waals surface area contributed by atoms with Gasteiger partial charge in [0.15, 0.2) is 0 Å². The molecule has 0 aliphatic rings. The predicted molar refractivity (Wildman–Crippen MR) is 64.4 cm³/mol. The van der Waals surface area contributed by atoms with Gasteiger partial charge in [0, 0.05) is 0 Å². The zero-order valence-corrected chi connectivity index (χ0v) is 10.8. The van der Waals surface area contributed by atoms with Crippen molar-refractivity contribution in [1.82, 2.24) is 0 Å². The van der Waals surface area contributed by atoms with Crippen molar-refractivity contribution in [3.63, 3.8) is 0 Å². The Hall–Kier alpha value is -0.870. The second kappa shape index (κ2) is 4.97. The van der Waals surface area contributed by atoms with Gasteiger partial charge in [0.1, 0.15) is 0 Å². The van der Waals surface area contributed by atoms with Crippen molar-refractivity contribution in [2.24, 2.45) is 0 Å². The van der Waals surface area contributed by atoms with Crippen LogP contribution in [0.3, 0.4) is 0 Å². The summed E-state index contributed by atoms with van der Waals surface area (Å²) < 4.78 is 31.6. The van der Waals surface area contributed by atoms with Crippen molar-refractivity contribution < 1.29 is 13.0 Å². The average Bonchev–Trinajstić information content (AvgIpc) is 2.25. The maximum Gasteiger partial charge on any atom is 0.294 e. The van der Waals surface area contributed by atoms with Crippen molar-refractivity contribution in [3.05, 3.63) is 28.8 Å². The van der Waals surface area contributed by atoms with Gasteiger partial charge in [-0.05, 0) is 42.0 Å². The molecule has 4 heteroatoms. The molecule has 3 nitrogen and oxygen atoms in total. The van der Waals surface area contributed by atoms with Crippen LogP contribution in [0.25, 0.3) is 0 Å². The van der Waals surface area contributed by atoms with E-state index in [1.807, 2.05) is 26.8 Å². The highest BCUT2D eigenvalue weighted by molar-refractivity contribution is 7.85. The first kappa shape index (κ1) is 13.2. The van der Waals surface area contributed by atoms with E-state index in [0.29, 0.717) is 12.0 Å². The fourth-order valence-corrected chi connectivity index (χ4v) is 2.72. The van der Waals surface area contributed by atoms with Crippen LogP contribution < -0.4 is 0 Å². The van der Waals surface area contributed by atoms with E-state index < -0.39 is 10.1 Å². The highest BCUT2D eigenvalue weighted by Crippen LogP contribution is 2.23. The van der Waals surface area contributed by atoms with Crippen molar-refractivity contribution in [2.75, 3.05) is 0 Å². The van der Waals surface area contributed by atoms with Gasteiger partial charge in [-0.25, -0.2) is 0 Å². The second-order valence-corrected chi connectivity index (χ2v) is 5.15. The van der Waals surface area contributed by atoms with Gasteiger partial charge in [-0.2, -0.15) is 8.42 Å². The molecule has 90 valence electrons. The first-order valence-corrected chi connectivity index (χ1v) is 7.00. The number of hydrogen-bond donors (Lipinski definition) is 1. The lowest BCUT2D eigenvalue weighted by molar-refractivity contribution is 0.482. The molecule has 0 heterocycles. The van der Waals surface area contributed by atoms with Crippen LogP contribution in [0.4, 0.5) is 0 Å². The average molecular weight is 242 g/mol. The number of hydrogen-bond acceptors (Lipinski definition) is 2. The normalized spacial score (nSPS) is 11.8. The van der Waals surface area contributed by atoms with Gasteiger partial charge in [0.2, 0.25) is 0 Å². The molecule has 1 rings (SSSR count). The summed E-state index contributed by atoms with van der Waals surface area (Å²) in [6.07, 6.45) is 2.25. The smallest absolute Gasteiger partial charge is 0.282 e. The Bertz CT molecular complexity index is 475. The summed E-state index contributed by atoms with van der Waals surface area (Å²) >= 11 is 0. The van der Waals surface area contributed by atoms with E-state index in [1.54, 1.807) is 6.07 Å². The molecule has 0 bridgehead atoms. The third-order valence-electron chi connectivity index (χ3n) is 2.80. The molecular formula is C12H18O3S. The molecule has 0 aliphatic heterocycles. The van der Waals surface area contributed by atoms with Crippen LogP contribution in [-0.2, 0) is 29.4 Å². The van der Waals surface area contributed by atoms with Crippen LogP contribution in [-0.4, -0.2) is 13.0 Å². The fraction of sp³-hybridized carbons (Fsp3) is 0.500. The third kappa shape index (κ3) is 2.62. The van der Waals surface area contributed by atoms with E-state index >= 15 is 0 Å². The molecular weight excluding hydrogens is 224 g/mol. The molecule has 0 spiro atoms. The van der Waals surface area contributed by atoms with E-state index in [4.69, 9.17) is 4.55 Å². The van der Waals surface area contributed by atoms with Crippen LogP contribution in [0.5, 0.6) is 0 Å². The summed E-state index contributed by atoms with van der Waals surface area (Å²) in [5, 5.41) is 0. The summed E-state index contributed by atoms with van der Waals surface area (Å²) in [6, 6.07) is 3.49. The van der Waals surface area contributed by atoms with E-state index in [-0.39, 0.29) is 4.90 Å². The molecule has 0 aliphatic carbocycles. The summed E-state index contributed by atoms with van der Waals surface area (Å²) in [7, 11) is -4.10. The maximum atomic E-state index is 11.2. The van der Waals surface area contributed by atoms with Gasteiger partial charge in [-0.15, -0.1) is 0 Å². The monoisotopic (exact) mass is 242 g/mol. The summed E-state index contributed by atoms with van der Waals surface area (Å²) in [6.45, 7) is 5.91. The lowest BCUT2D eigenvalue weighted by Crippen LogP contribution is -2.06. The minimum Gasteiger partial charge on any atom is -0.282 e. The molecule has 16 heavy (non-hydrogen) atoms. The molecule has 0 saturated heterocycles. The molecule has 0 fully saturated rings. The molecule has 0 unspecified atom stereocenters. The van der Waals surface area contributed by atoms with Crippen LogP contribution in [0.1, 0.15) is 37.5 Å². The first-order valence-electron chi connectivity index (χ1n) is 5.56. The topological polar surface area (TPSA) is 54.4 Å². The van der Waals surface area contributed by atoms with Crippen molar-refractivity contribution >= 4 is 10.1 Å². The van der Waals surface area contributed by atoms with Gasteiger partial charge < -0.3 is 0 Å². The Labute approximate surface area is 97.2 Å². The molecule has 1 aromatic rings. The van der Waals surface area contributed by atoms with Gasteiger partial charge in [-0.3, -0.25) is 4.55 Å². The zero-order chi connectivity index (χ0) is 12.3. The largest absolute Gasteiger partial charge is 0.294 e. The SMILES string of the molecule is CCc1cc(CC)c(S(=O)(=O)O)cc1CC. The Morgan fingerprint density at radius 1 is 0.938 bits per heavy atom. The minimum absolute atomic E-state index is 0.0593. The lowest BCUT2D eigenvalue weighted by Gasteiger charge is -2.12. The van der Waals surface area contributed by atoms with E-state index in [1.165, 1.54) is 0 Å². The third-order valence-corrected chi connectivity index (χ3v) is 3.74. The maximum absolute atomic E-state index is 11.2. The lowest BCUT2D eigenvalue weighted by atomic mass is 9.99. The van der Waals surface area contributed by atoms with Gasteiger partial charge in [0.25, 0.3) is 10.1 Å². The van der Waals surface area contributed by atoms with E-state index in [0.717, 1.165) is 24.0 Å². The van der Waals surface area contributed by atoms with Gasteiger partial charge in [0.05, 0.1) is 4.90 Å². The van der Waals surface area contributed by atoms with E-state index in [9.17, 15) is 8.42 Å². The molecule has 0 aromatic heterocycles. The molecule has 1 N–H and O–H groups in total. The second-order valence-electron chi connectivity index (χ2n) is 3.76. The standard InChI is InChI=1S/C12H18O3S/c1-4-9-7-11(6-3)12(16(13,14)15)8-10(9)5-2/h7-8H,4-6H2,1-3H3,(H,13,14,15). The Morgan fingerprint density at radius 3 is 1.75 bits per heavy atom. The van der Waals surface area contributed by atoms with E-state index in [2.05, 4.69) is 0 Å².